The Morgan fingerprint density at radius 2 is 1.69 bits per heavy atom. The number of hydrogen-bond donors (Lipinski definition) is 2. The molecule has 0 aliphatic rings. The van der Waals surface area contributed by atoms with Crippen molar-refractivity contribution in [2.24, 2.45) is 0 Å². The number of phenolic OH excluding ortho intramolecular Hbond substituents is 1. The number of ether oxygens (including phenoxy) is 1. The second-order valence-electron chi connectivity index (χ2n) is 9.03. The molecule has 0 bridgehead atoms. The third-order valence-electron chi connectivity index (χ3n) is 6.10. The maximum absolute atomic E-state index is 14.1. The molecule has 0 aliphatic heterocycles. The topological polar surface area (TPSA) is 64.1 Å². The molecular formula is C27H33F3NO4+. The molecule has 0 fully saturated rings. The molecule has 3 rings (SSSR count). The quantitative estimate of drug-likeness (QED) is 0.369. The van der Waals surface area contributed by atoms with E-state index < -0.39 is 23.1 Å². The van der Waals surface area contributed by atoms with Crippen molar-refractivity contribution in [3.63, 3.8) is 0 Å². The zero-order valence-corrected chi connectivity index (χ0v) is 20.6. The van der Waals surface area contributed by atoms with E-state index in [9.17, 15) is 23.1 Å². The lowest BCUT2D eigenvalue weighted by Crippen LogP contribution is -3.10. The van der Waals surface area contributed by atoms with Crippen LogP contribution in [0.15, 0.2) is 39.5 Å². The van der Waals surface area contributed by atoms with E-state index in [0.717, 1.165) is 49.2 Å². The maximum atomic E-state index is 14.1. The Hall–Kier alpha value is -3.00. The van der Waals surface area contributed by atoms with Gasteiger partial charge in [0.15, 0.2) is 5.58 Å². The molecule has 0 amide bonds. The van der Waals surface area contributed by atoms with Crippen molar-refractivity contribution in [1.29, 1.82) is 0 Å². The van der Waals surface area contributed by atoms with Gasteiger partial charge in [-0.25, -0.2) is 0 Å². The molecule has 5 nitrogen and oxygen atoms in total. The Bertz CT molecular complexity index is 1230. The molecule has 35 heavy (non-hydrogen) atoms. The van der Waals surface area contributed by atoms with E-state index in [0.29, 0.717) is 5.56 Å². The Morgan fingerprint density at radius 3 is 2.29 bits per heavy atom. The second kappa shape index (κ2) is 11.2. The van der Waals surface area contributed by atoms with Crippen molar-refractivity contribution in [3.8, 4) is 17.2 Å². The summed E-state index contributed by atoms with van der Waals surface area (Å²) >= 11 is 0. The summed E-state index contributed by atoms with van der Waals surface area (Å²) in [5.74, 6) is -2.46. The van der Waals surface area contributed by atoms with Gasteiger partial charge in [-0.2, -0.15) is 13.2 Å². The smallest absolute Gasteiger partial charge is 0.453 e. The summed E-state index contributed by atoms with van der Waals surface area (Å²) in [5, 5.41) is 10.5. The molecule has 2 N–H and O–H groups in total. The molecule has 0 aliphatic carbocycles. The van der Waals surface area contributed by atoms with Crippen molar-refractivity contribution < 1.29 is 32.3 Å². The van der Waals surface area contributed by atoms with Gasteiger partial charge in [0, 0.05) is 0 Å². The summed E-state index contributed by atoms with van der Waals surface area (Å²) in [5.41, 5.74) is 0.385. The number of benzene rings is 2. The van der Waals surface area contributed by atoms with Gasteiger partial charge in [-0.3, -0.25) is 4.79 Å². The van der Waals surface area contributed by atoms with Crippen LogP contribution in [-0.4, -0.2) is 18.2 Å². The van der Waals surface area contributed by atoms with E-state index in [1.807, 2.05) is 0 Å². The van der Waals surface area contributed by atoms with Crippen LogP contribution in [0.25, 0.3) is 11.0 Å². The summed E-state index contributed by atoms with van der Waals surface area (Å²) in [6.07, 6.45) is -1.14. The van der Waals surface area contributed by atoms with Crippen molar-refractivity contribution in [1.82, 2.24) is 0 Å². The summed E-state index contributed by atoms with van der Waals surface area (Å²) < 4.78 is 53.2. The van der Waals surface area contributed by atoms with Crippen molar-refractivity contribution >= 4 is 11.0 Å². The van der Waals surface area contributed by atoms with E-state index in [1.54, 1.807) is 32.0 Å². The lowest BCUT2D eigenvalue weighted by atomic mass is 10.1. The molecule has 8 heteroatoms. The molecule has 0 radical (unpaired) electrons. The molecule has 1 aromatic heterocycles. The number of phenols is 1. The monoisotopic (exact) mass is 492 g/mol. The highest BCUT2D eigenvalue weighted by Gasteiger charge is 2.41. The van der Waals surface area contributed by atoms with Gasteiger partial charge in [0.25, 0.3) is 5.76 Å². The van der Waals surface area contributed by atoms with E-state index >= 15 is 0 Å². The Labute approximate surface area is 203 Å². The molecule has 0 unspecified atom stereocenters. The minimum absolute atomic E-state index is 0.0589. The first-order valence-corrected chi connectivity index (χ1v) is 12.0. The van der Waals surface area contributed by atoms with Crippen molar-refractivity contribution in [3.05, 3.63) is 63.0 Å². The lowest BCUT2D eigenvalue weighted by Gasteiger charge is -2.21. The number of aryl methyl sites for hydroxylation is 2. The third-order valence-corrected chi connectivity index (χ3v) is 6.10. The highest BCUT2D eigenvalue weighted by Crippen LogP contribution is 2.40. The number of fused-ring (bicyclic) bond motifs is 1. The number of nitrogens with one attached hydrogen (secondary N) is 1. The zero-order valence-electron chi connectivity index (χ0n) is 20.6. The summed E-state index contributed by atoms with van der Waals surface area (Å²) in [6, 6.07) is 7.70. The third kappa shape index (κ3) is 6.17. The van der Waals surface area contributed by atoms with Crippen LogP contribution in [0.5, 0.6) is 17.2 Å². The van der Waals surface area contributed by atoms with Crippen LogP contribution in [-0.2, 0) is 12.7 Å². The number of hydrogen-bond acceptors (Lipinski definition) is 4. The number of unbranched alkanes of at least 4 members (excludes halogenated alkanes) is 2. The minimum atomic E-state index is -4.97. The van der Waals surface area contributed by atoms with Crippen LogP contribution in [0.3, 0.4) is 0 Å². The van der Waals surface area contributed by atoms with Crippen LogP contribution in [0, 0.1) is 13.8 Å². The predicted octanol–water partition coefficient (Wildman–Crippen LogP) is 5.91. The van der Waals surface area contributed by atoms with Crippen LogP contribution in [0.4, 0.5) is 13.2 Å². The van der Waals surface area contributed by atoms with Gasteiger partial charge >= 0.3 is 6.18 Å². The fourth-order valence-electron chi connectivity index (χ4n) is 4.07. The largest absolute Gasteiger partial charge is 0.507 e. The van der Waals surface area contributed by atoms with Gasteiger partial charge in [0.2, 0.25) is 11.2 Å². The average Bonchev–Trinajstić information content (AvgIpc) is 2.80. The number of alkyl halides is 3. The fourth-order valence-corrected chi connectivity index (χ4v) is 4.07. The van der Waals surface area contributed by atoms with Gasteiger partial charge in [-0.15, -0.1) is 0 Å². The van der Waals surface area contributed by atoms with Gasteiger partial charge in [-0.1, -0.05) is 38.8 Å². The van der Waals surface area contributed by atoms with E-state index in [1.165, 1.54) is 12.1 Å². The molecule has 0 atom stereocenters. The van der Waals surface area contributed by atoms with Crippen LogP contribution in [0.2, 0.25) is 0 Å². The normalized spacial score (nSPS) is 12.0. The van der Waals surface area contributed by atoms with Crippen LogP contribution in [0.1, 0.15) is 62.0 Å². The summed E-state index contributed by atoms with van der Waals surface area (Å²) in [7, 11) is 0. The number of aromatic hydroxyl groups is 1. The molecule has 1 heterocycles. The van der Waals surface area contributed by atoms with Crippen LogP contribution < -0.4 is 15.1 Å². The molecule has 0 saturated carbocycles. The number of quaternary nitrogens is 1. The van der Waals surface area contributed by atoms with E-state index in [2.05, 4.69) is 13.8 Å². The van der Waals surface area contributed by atoms with E-state index in [4.69, 9.17) is 9.15 Å². The average molecular weight is 493 g/mol. The molecule has 0 saturated heterocycles. The first kappa shape index (κ1) is 26.6. The number of halogens is 3. The predicted molar refractivity (Wildman–Crippen MR) is 129 cm³/mol. The Balaban J connectivity index is 2.18. The molecular weight excluding hydrogens is 459 g/mol. The lowest BCUT2D eigenvalue weighted by molar-refractivity contribution is -0.914. The number of rotatable bonds is 10. The van der Waals surface area contributed by atoms with Gasteiger partial charge < -0.3 is 19.2 Å². The van der Waals surface area contributed by atoms with Crippen molar-refractivity contribution in [2.45, 2.75) is 66.1 Å². The molecule has 3 aromatic rings. The molecule has 2 aromatic carbocycles. The standard InChI is InChI=1S/C27H32F3NO4/c1-5-7-13-31(14-8-6-2)16-20-21(32)12-11-19-23(33)25(26(27(28,29)30)35-24(19)20)34-22-15-17(3)9-10-18(22)4/h9-12,15,32H,5-8,13-14,16H2,1-4H3/p+1. The molecule has 190 valence electrons. The van der Waals surface area contributed by atoms with Gasteiger partial charge in [-0.05, 0) is 56.0 Å². The first-order valence-electron chi connectivity index (χ1n) is 12.0. The highest BCUT2D eigenvalue weighted by atomic mass is 19.4. The Kier molecular flexibility index (Phi) is 8.48. The zero-order chi connectivity index (χ0) is 25.8. The van der Waals surface area contributed by atoms with E-state index in [-0.39, 0.29) is 34.6 Å². The highest BCUT2D eigenvalue weighted by molar-refractivity contribution is 5.83. The van der Waals surface area contributed by atoms with Crippen molar-refractivity contribution in [2.75, 3.05) is 13.1 Å². The summed E-state index contributed by atoms with van der Waals surface area (Å²) in [6.45, 7) is 9.45. The van der Waals surface area contributed by atoms with Gasteiger partial charge in [0.05, 0.1) is 24.0 Å². The molecule has 0 spiro atoms. The Morgan fingerprint density at radius 1 is 1.03 bits per heavy atom. The van der Waals surface area contributed by atoms with Gasteiger partial charge in [0.1, 0.15) is 18.0 Å². The fraction of sp³-hybridized carbons (Fsp3) is 0.444. The second-order valence-corrected chi connectivity index (χ2v) is 9.03. The minimum Gasteiger partial charge on any atom is -0.507 e. The van der Waals surface area contributed by atoms with Crippen LogP contribution >= 0.6 is 0 Å². The summed E-state index contributed by atoms with van der Waals surface area (Å²) in [4.78, 5) is 14.4. The first-order chi connectivity index (χ1) is 16.6. The maximum Gasteiger partial charge on any atom is 0.453 e. The SMILES string of the molecule is CCCC[NH+](CCCC)Cc1c(O)ccc2c(=O)c(Oc3cc(C)ccc3C)c(C(F)(F)F)oc12.